The number of nitro groups is 1. The van der Waals surface area contributed by atoms with E-state index in [9.17, 15) is 14.9 Å². The number of hydrogen-bond acceptors (Lipinski definition) is 6. The summed E-state index contributed by atoms with van der Waals surface area (Å²) in [5.41, 5.74) is 6.55. The monoisotopic (exact) mass is 454 g/mol. The molecule has 0 bridgehead atoms. The minimum Gasteiger partial charge on any atom is -0.410 e. The van der Waals surface area contributed by atoms with Crippen molar-refractivity contribution in [3.63, 3.8) is 0 Å². The number of ether oxygens (including phenoxy) is 1. The molecule has 1 aromatic heterocycles. The van der Waals surface area contributed by atoms with Gasteiger partial charge in [-0.1, -0.05) is 18.5 Å². The molecule has 2 heterocycles. The van der Waals surface area contributed by atoms with Gasteiger partial charge in [0.1, 0.15) is 11.6 Å². The number of carbonyl (C=O) groups excluding carboxylic acids is 1. The van der Waals surface area contributed by atoms with E-state index >= 15 is 0 Å². The van der Waals surface area contributed by atoms with Gasteiger partial charge in [0.2, 0.25) is 0 Å². The number of piperidine rings is 1. The SMILES string of the molecule is CC(c1cc(OC(N)=O)ccc1[N+](=O)[O-])C1CCN(c2ccc3cc(Cl)ccc3n2)CC1. The lowest BCUT2D eigenvalue weighted by atomic mass is 9.80. The van der Waals surface area contributed by atoms with E-state index in [1.807, 2.05) is 37.3 Å². The number of aromatic nitrogens is 1. The highest BCUT2D eigenvalue weighted by molar-refractivity contribution is 6.31. The van der Waals surface area contributed by atoms with E-state index in [1.54, 1.807) is 6.07 Å². The molecular formula is C23H23ClN4O4. The van der Waals surface area contributed by atoms with Gasteiger partial charge in [0.05, 0.1) is 10.4 Å². The zero-order valence-corrected chi connectivity index (χ0v) is 18.3. The van der Waals surface area contributed by atoms with Crippen molar-refractivity contribution in [2.45, 2.75) is 25.7 Å². The van der Waals surface area contributed by atoms with Gasteiger partial charge in [0, 0.05) is 35.1 Å². The van der Waals surface area contributed by atoms with Crippen LogP contribution in [0.5, 0.6) is 5.75 Å². The highest BCUT2D eigenvalue weighted by Crippen LogP contribution is 2.39. The average Bonchev–Trinajstić information content (AvgIpc) is 2.77. The summed E-state index contributed by atoms with van der Waals surface area (Å²) in [6.07, 6.45) is 0.773. The van der Waals surface area contributed by atoms with E-state index in [0.717, 1.165) is 42.7 Å². The van der Waals surface area contributed by atoms with Crippen LogP contribution in [0.4, 0.5) is 16.3 Å². The van der Waals surface area contributed by atoms with Gasteiger partial charge in [-0.3, -0.25) is 10.1 Å². The number of benzene rings is 2. The predicted molar refractivity (Wildman–Crippen MR) is 123 cm³/mol. The molecule has 3 aromatic rings. The number of nitro benzene ring substituents is 1. The van der Waals surface area contributed by atoms with Crippen LogP contribution >= 0.6 is 11.6 Å². The third-order valence-electron chi connectivity index (χ3n) is 6.11. The number of nitrogens with two attached hydrogens (primary N) is 1. The van der Waals surface area contributed by atoms with E-state index in [1.165, 1.54) is 12.1 Å². The Bertz CT molecular complexity index is 1180. The first-order valence-electron chi connectivity index (χ1n) is 10.4. The van der Waals surface area contributed by atoms with Crippen molar-refractivity contribution >= 4 is 40.1 Å². The third kappa shape index (κ3) is 4.60. The number of nitrogens with zero attached hydrogens (tertiary/aromatic N) is 3. The van der Waals surface area contributed by atoms with Crippen molar-refractivity contribution < 1.29 is 14.5 Å². The minimum atomic E-state index is -0.948. The highest BCUT2D eigenvalue weighted by atomic mass is 35.5. The van der Waals surface area contributed by atoms with Crippen LogP contribution < -0.4 is 15.4 Å². The average molecular weight is 455 g/mol. The van der Waals surface area contributed by atoms with Crippen molar-refractivity contribution in [3.8, 4) is 5.75 Å². The third-order valence-corrected chi connectivity index (χ3v) is 6.35. The Morgan fingerprint density at radius 1 is 1.22 bits per heavy atom. The van der Waals surface area contributed by atoms with E-state index in [4.69, 9.17) is 27.1 Å². The topological polar surface area (TPSA) is 112 Å². The van der Waals surface area contributed by atoms with Crippen LogP contribution in [-0.4, -0.2) is 29.1 Å². The van der Waals surface area contributed by atoms with Gasteiger partial charge in [-0.05, 0) is 67.1 Å². The summed E-state index contributed by atoms with van der Waals surface area (Å²) in [4.78, 5) is 29.2. The fraction of sp³-hybridized carbons (Fsp3) is 0.304. The summed E-state index contributed by atoms with van der Waals surface area (Å²) < 4.78 is 4.94. The molecule has 4 rings (SSSR count). The number of amides is 1. The first-order chi connectivity index (χ1) is 15.3. The number of rotatable bonds is 5. The molecule has 1 unspecified atom stereocenters. The normalized spacial score (nSPS) is 15.5. The van der Waals surface area contributed by atoms with Crippen molar-refractivity contribution in [2.24, 2.45) is 11.7 Å². The molecule has 1 amide bonds. The highest BCUT2D eigenvalue weighted by Gasteiger charge is 2.30. The smallest absolute Gasteiger partial charge is 0.409 e. The number of carbonyl (C=O) groups is 1. The van der Waals surface area contributed by atoms with Crippen LogP contribution in [0.15, 0.2) is 48.5 Å². The quantitative estimate of drug-likeness (QED) is 0.415. The molecule has 0 aliphatic carbocycles. The lowest BCUT2D eigenvalue weighted by Crippen LogP contribution is -2.35. The summed E-state index contributed by atoms with van der Waals surface area (Å²) in [5, 5.41) is 13.2. The molecule has 9 heteroatoms. The number of primary amides is 1. The van der Waals surface area contributed by atoms with Gasteiger partial charge in [0.15, 0.2) is 0 Å². The van der Waals surface area contributed by atoms with E-state index in [-0.39, 0.29) is 23.3 Å². The second kappa shape index (κ2) is 9.00. The van der Waals surface area contributed by atoms with E-state index in [0.29, 0.717) is 10.6 Å². The van der Waals surface area contributed by atoms with Crippen molar-refractivity contribution in [1.82, 2.24) is 4.98 Å². The van der Waals surface area contributed by atoms with Crippen LogP contribution in [0.3, 0.4) is 0 Å². The molecule has 1 atom stereocenters. The summed E-state index contributed by atoms with van der Waals surface area (Å²) >= 11 is 6.06. The van der Waals surface area contributed by atoms with Crippen LogP contribution in [0.1, 0.15) is 31.2 Å². The zero-order chi connectivity index (χ0) is 22.8. The Hall–Kier alpha value is -3.39. The van der Waals surface area contributed by atoms with Crippen molar-refractivity contribution in [2.75, 3.05) is 18.0 Å². The first kappa shape index (κ1) is 21.8. The molecule has 0 saturated carbocycles. The molecule has 8 nitrogen and oxygen atoms in total. The fourth-order valence-corrected chi connectivity index (χ4v) is 4.57. The number of anilines is 1. The molecule has 1 fully saturated rings. The number of pyridine rings is 1. The molecule has 0 radical (unpaired) electrons. The first-order valence-corrected chi connectivity index (χ1v) is 10.8. The lowest BCUT2D eigenvalue weighted by molar-refractivity contribution is -0.385. The fourth-order valence-electron chi connectivity index (χ4n) is 4.39. The summed E-state index contributed by atoms with van der Waals surface area (Å²) in [5.74, 6) is 1.28. The molecule has 166 valence electrons. The largest absolute Gasteiger partial charge is 0.410 e. The van der Waals surface area contributed by atoms with Gasteiger partial charge >= 0.3 is 6.09 Å². The van der Waals surface area contributed by atoms with Gasteiger partial charge in [-0.25, -0.2) is 9.78 Å². The van der Waals surface area contributed by atoms with Crippen LogP contribution in [0.25, 0.3) is 10.9 Å². The maximum atomic E-state index is 11.6. The van der Waals surface area contributed by atoms with Gasteiger partial charge in [0.25, 0.3) is 5.69 Å². The van der Waals surface area contributed by atoms with Gasteiger partial charge < -0.3 is 15.4 Å². The molecule has 1 aliphatic heterocycles. The van der Waals surface area contributed by atoms with Crippen LogP contribution in [0.2, 0.25) is 5.02 Å². The van der Waals surface area contributed by atoms with Gasteiger partial charge in [-0.2, -0.15) is 0 Å². The molecule has 1 saturated heterocycles. The van der Waals surface area contributed by atoms with Crippen LogP contribution in [0, 0.1) is 16.0 Å². The Balaban J connectivity index is 1.50. The molecule has 2 aromatic carbocycles. The Labute approximate surface area is 190 Å². The summed E-state index contributed by atoms with van der Waals surface area (Å²) in [6, 6.07) is 14.0. The second-order valence-corrected chi connectivity index (χ2v) is 8.45. The van der Waals surface area contributed by atoms with E-state index < -0.39 is 11.0 Å². The number of fused-ring (bicyclic) bond motifs is 1. The molecule has 2 N–H and O–H groups in total. The maximum Gasteiger partial charge on any atom is 0.409 e. The maximum absolute atomic E-state index is 11.6. The molecule has 1 aliphatic rings. The minimum absolute atomic E-state index is 0.0200. The predicted octanol–water partition coefficient (Wildman–Crippen LogP) is 5.27. The molecule has 32 heavy (non-hydrogen) atoms. The standard InChI is InChI=1S/C23H23ClN4O4/c1-14(19-13-18(32-23(25)29)4-6-21(19)28(30)31)15-8-10-27(11-9-15)22-7-2-16-12-17(24)3-5-20(16)26-22/h2-7,12-15H,8-11H2,1H3,(H2,25,29). The summed E-state index contributed by atoms with van der Waals surface area (Å²) in [7, 11) is 0. The van der Waals surface area contributed by atoms with Crippen LogP contribution in [-0.2, 0) is 0 Å². The number of hydrogen-bond donors (Lipinski definition) is 1. The van der Waals surface area contributed by atoms with Crippen molar-refractivity contribution in [1.29, 1.82) is 0 Å². The van der Waals surface area contributed by atoms with Crippen molar-refractivity contribution in [3.05, 3.63) is 69.2 Å². The van der Waals surface area contributed by atoms with Gasteiger partial charge in [-0.15, -0.1) is 0 Å². The number of halogens is 1. The Kier molecular flexibility index (Phi) is 6.14. The zero-order valence-electron chi connectivity index (χ0n) is 17.5. The Morgan fingerprint density at radius 2 is 1.97 bits per heavy atom. The Morgan fingerprint density at radius 3 is 2.66 bits per heavy atom. The van der Waals surface area contributed by atoms with E-state index in [2.05, 4.69) is 4.90 Å². The summed E-state index contributed by atoms with van der Waals surface area (Å²) in [6.45, 7) is 3.58. The lowest BCUT2D eigenvalue weighted by Gasteiger charge is -2.35. The molecule has 0 spiro atoms. The molecular weight excluding hydrogens is 432 g/mol. The second-order valence-electron chi connectivity index (χ2n) is 8.02.